The summed E-state index contributed by atoms with van der Waals surface area (Å²) in [5, 5.41) is 12.2. The third kappa shape index (κ3) is 4.56. The topological polar surface area (TPSA) is 84.2 Å². The Labute approximate surface area is 123 Å². The number of nitrogens with zero attached hydrogens (tertiary/aromatic N) is 2. The lowest BCUT2D eigenvalue weighted by Gasteiger charge is -2.18. The first kappa shape index (κ1) is 16.6. The van der Waals surface area contributed by atoms with E-state index in [9.17, 15) is 9.59 Å². The molecule has 0 bridgehead atoms. The van der Waals surface area contributed by atoms with Crippen LogP contribution in [0.15, 0.2) is 11.4 Å². The number of amides is 1. The van der Waals surface area contributed by atoms with Crippen molar-refractivity contribution in [1.82, 2.24) is 14.9 Å². The number of hydrogen-bond donors (Lipinski definition) is 2. The van der Waals surface area contributed by atoms with Crippen LogP contribution in [0, 0.1) is 12.8 Å². The van der Waals surface area contributed by atoms with Crippen molar-refractivity contribution in [2.45, 2.75) is 38.9 Å². The molecule has 0 fully saturated rings. The van der Waals surface area contributed by atoms with Crippen LogP contribution in [0.2, 0.25) is 0 Å². The summed E-state index contributed by atoms with van der Waals surface area (Å²) in [5.74, 6) is -0.677. The van der Waals surface area contributed by atoms with Gasteiger partial charge >= 0.3 is 5.97 Å². The maximum absolute atomic E-state index is 12.1. The van der Waals surface area contributed by atoms with Crippen molar-refractivity contribution < 1.29 is 14.7 Å². The molecule has 1 amide bonds. The maximum Gasteiger partial charge on any atom is 0.313 e. The Balaban J connectivity index is 2.80. The minimum absolute atomic E-state index is 0.0726. The first-order valence-corrected chi connectivity index (χ1v) is 7.47. The minimum atomic E-state index is -0.904. The standard InChI is InChI=1S/C13H21N3O3S/c1-8(2)5-14-12(19)10(4)16-9(3)6-15-13(16)20-7-11(17)18/h6,8,10H,5,7H2,1-4H3,(H,14,19)(H,17,18). The van der Waals surface area contributed by atoms with Crippen LogP contribution in [0.3, 0.4) is 0 Å². The third-order valence-electron chi connectivity index (χ3n) is 2.72. The second kappa shape index (κ2) is 7.33. The van der Waals surface area contributed by atoms with Crippen LogP contribution < -0.4 is 5.32 Å². The molecule has 0 aliphatic heterocycles. The number of rotatable bonds is 7. The van der Waals surface area contributed by atoms with Gasteiger partial charge in [0.05, 0.1) is 5.75 Å². The number of hydrogen-bond acceptors (Lipinski definition) is 4. The van der Waals surface area contributed by atoms with Crippen molar-refractivity contribution in [2.75, 3.05) is 12.3 Å². The SMILES string of the molecule is Cc1cnc(SCC(=O)O)n1C(C)C(=O)NCC(C)C. The zero-order valence-corrected chi connectivity index (χ0v) is 13.0. The molecule has 0 spiro atoms. The fourth-order valence-corrected chi connectivity index (χ4v) is 2.52. The van der Waals surface area contributed by atoms with Crippen LogP contribution in [0.5, 0.6) is 0 Å². The van der Waals surface area contributed by atoms with E-state index in [1.807, 2.05) is 20.8 Å². The highest BCUT2D eigenvalue weighted by Gasteiger charge is 2.20. The number of carboxylic acid groups (broad SMARTS) is 1. The van der Waals surface area contributed by atoms with Gasteiger partial charge in [0.15, 0.2) is 5.16 Å². The van der Waals surface area contributed by atoms with Gasteiger partial charge in [0.2, 0.25) is 5.91 Å². The van der Waals surface area contributed by atoms with Gasteiger partial charge in [-0.05, 0) is 19.8 Å². The fourth-order valence-electron chi connectivity index (χ4n) is 1.70. The normalized spacial score (nSPS) is 12.4. The van der Waals surface area contributed by atoms with Gasteiger partial charge in [-0.3, -0.25) is 9.59 Å². The van der Waals surface area contributed by atoms with Crippen molar-refractivity contribution in [3.63, 3.8) is 0 Å². The van der Waals surface area contributed by atoms with E-state index in [1.165, 1.54) is 0 Å². The Bertz CT molecular complexity index is 485. The molecule has 1 atom stereocenters. The summed E-state index contributed by atoms with van der Waals surface area (Å²) in [7, 11) is 0. The third-order valence-corrected chi connectivity index (χ3v) is 3.68. The van der Waals surface area contributed by atoms with Crippen LogP contribution in [0.1, 0.15) is 32.5 Å². The molecule has 1 aromatic heterocycles. The lowest BCUT2D eigenvalue weighted by molar-refractivity contribution is -0.133. The largest absolute Gasteiger partial charge is 0.481 e. The second-order valence-corrected chi connectivity index (χ2v) is 5.99. The molecule has 1 aromatic rings. The van der Waals surface area contributed by atoms with Gasteiger partial charge in [-0.15, -0.1) is 0 Å². The summed E-state index contributed by atoms with van der Waals surface area (Å²) in [6.07, 6.45) is 1.65. The highest BCUT2D eigenvalue weighted by atomic mass is 32.2. The van der Waals surface area contributed by atoms with Gasteiger partial charge in [-0.25, -0.2) is 4.98 Å². The van der Waals surface area contributed by atoms with Crippen LogP contribution in [-0.4, -0.2) is 38.8 Å². The number of aliphatic carboxylic acids is 1. The molecule has 0 saturated carbocycles. The molecule has 20 heavy (non-hydrogen) atoms. The van der Waals surface area contributed by atoms with E-state index in [1.54, 1.807) is 17.7 Å². The molecule has 1 unspecified atom stereocenters. The maximum atomic E-state index is 12.1. The number of thioether (sulfide) groups is 1. The van der Waals surface area contributed by atoms with E-state index < -0.39 is 12.0 Å². The van der Waals surface area contributed by atoms with Gasteiger partial charge in [0, 0.05) is 18.4 Å². The van der Waals surface area contributed by atoms with Crippen LogP contribution in [0.25, 0.3) is 0 Å². The molecule has 1 rings (SSSR count). The van der Waals surface area contributed by atoms with Gasteiger partial charge in [0.1, 0.15) is 6.04 Å². The van der Waals surface area contributed by atoms with Gasteiger partial charge in [-0.2, -0.15) is 0 Å². The number of carbonyl (C=O) groups is 2. The zero-order chi connectivity index (χ0) is 15.3. The van der Waals surface area contributed by atoms with Crippen molar-refractivity contribution >= 4 is 23.6 Å². The first-order chi connectivity index (χ1) is 9.32. The molecule has 0 aliphatic carbocycles. The Morgan fingerprint density at radius 1 is 1.45 bits per heavy atom. The fraction of sp³-hybridized carbons (Fsp3) is 0.615. The number of aromatic nitrogens is 2. The molecular formula is C13H21N3O3S. The number of imidazole rings is 1. The Morgan fingerprint density at radius 3 is 2.65 bits per heavy atom. The molecule has 0 saturated heterocycles. The summed E-state index contributed by atoms with van der Waals surface area (Å²) < 4.78 is 1.77. The van der Waals surface area contributed by atoms with Crippen molar-refractivity contribution in [2.24, 2.45) is 5.92 Å². The van der Waals surface area contributed by atoms with E-state index in [-0.39, 0.29) is 11.7 Å². The lowest BCUT2D eigenvalue weighted by Crippen LogP contribution is -2.34. The van der Waals surface area contributed by atoms with E-state index in [2.05, 4.69) is 10.3 Å². The molecule has 7 heteroatoms. The van der Waals surface area contributed by atoms with Crippen molar-refractivity contribution in [1.29, 1.82) is 0 Å². The second-order valence-electron chi connectivity index (χ2n) is 5.05. The molecule has 0 aliphatic rings. The molecule has 112 valence electrons. The van der Waals surface area contributed by atoms with E-state index in [4.69, 9.17) is 5.11 Å². The molecule has 2 N–H and O–H groups in total. The average molecular weight is 299 g/mol. The Morgan fingerprint density at radius 2 is 2.10 bits per heavy atom. The zero-order valence-electron chi connectivity index (χ0n) is 12.2. The minimum Gasteiger partial charge on any atom is -0.481 e. The Hall–Kier alpha value is -1.50. The quantitative estimate of drug-likeness (QED) is 0.749. The van der Waals surface area contributed by atoms with Gasteiger partial charge < -0.3 is 15.0 Å². The van der Waals surface area contributed by atoms with Crippen LogP contribution >= 0.6 is 11.8 Å². The summed E-state index contributed by atoms with van der Waals surface area (Å²) in [5.41, 5.74) is 0.838. The number of nitrogens with one attached hydrogen (secondary N) is 1. The first-order valence-electron chi connectivity index (χ1n) is 6.49. The lowest BCUT2D eigenvalue weighted by atomic mass is 10.2. The molecular weight excluding hydrogens is 278 g/mol. The molecule has 6 nitrogen and oxygen atoms in total. The summed E-state index contributed by atoms with van der Waals surface area (Å²) >= 11 is 1.12. The molecule has 1 heterocycles. The number of aryl methyl sites for hydroxylation is 1. The van der Waals surface area contributed by atoms with Crippen molar-refractivity contribution in [3.05, 3.63) is 11.9 Å². The molecule has 0 aromatic carbocycles. The summed E-state index contributed by atoms with van der Waals surface area (Å²) in [4.78, 5) is 26.9. The van der Waals surface area contributed by atoms with Crippen LogP contribution in [-0.2, 0) is 9.59 Å². The van der Waals surface area contributed by atoms with Crippen molar-refractivity contribution in [3.8, 4) is 0 Å². The molecule has 0 radical (unpaired) electrons. The highest BCUT2D eigenvalue weighted by Crippen LogP contribution is 2.22. The van der Waals surface area contributed by atoms with E-state index in [0.717, 1.165) is 17.5 Å². The summed E-state index contributed by atoms with van der Waals surface area (Å²) in [6.45, 7) is 8.32. The predicted molar refractivity (Wildman–Crippen MR) is 77.9 cm³/mol. The highest BCUT2D eigenvalue weighted by molar-refractivity contribution is 7.99. The van der Waals surface area contributed by atoms with Gasteiger partial charge in [-0.1, -0.05) is 25.6 Å². The van der Waals surface area contributed by atoms with Crippen LogP contribution in [0.4, 0.5) is 0 Å². The summed E-state index contributed by atoms with van der Waals surface area (Å²) in [6, 6.07) is -0.410. The Kier molecular flexibility index (Phi) is 6.06. The predicted octanol–water partition coefficient (Wildman–Crippen LogP) is 1.70. The number of carboxylic acids is 1. The van der Waals surface area contributed by atoms with E-state index in [0.29, 0.717) is 17.6 Å². The van der Waals surface area contributed by atoms with Gasteiger partial charge in [0.25, 0.3) is 0 Å². The average Bonchev–Trinajstić information content (AvgIpc) is 2.73. The monoisotopic (exact) mass is 299 g/mol. The smallest absolute Gasteiger partial charge is 0.313 e. The van der Waals surface area contributed by atoms with E-state index >= 15 is 0 Å². The number of carbonyl (C=O) groups excluding carboxylic acids is 1.